The van der Waals surface area contributed by atoms with Crippen LogP contribution in [0.1, 0.15) is 27.7 Å². The summed E-state index contributed by atoms with van der Waals surface area (Å²) in [5.74, 6) is -1.16. The van der Waals surface area contributed by atoms with Crippen molar-refractivity contribution in [3.05, 3.63) is 12.2 Å². The lowest BCUT2D eigenvalue weighted by Gasteiger charge is -2.21. The van der Waals surface area contributed by atoms with Gasteiger partial charge in [0, 0.05) is 0 Å². The van der Waals surface area contributed by atoms with Gasteiger partial charge in [0.05, 0.1) is 13.2 Å². The number of carbonyl (C=O) groups excluding carboxylic acids is 2. The number of hydrogen-bond donors (Lipinski definition) is 0. The fourth-order valence-electron chi connectivity index (χ4n) is 1.11. The van der Waals surface area contributed by atoms with Gasteiger partial charge in [-0.2, -0.15) is 0 Å². The van der Waals surface area contributed by atoms with Crippen molar-refractivity contribution in [2.75, 3.05) is 13.2 Å². The number of ether oxygens (including phenoxy) is 2. The van der Waals surface area contributed by atoms with Crippen molar-refractivity contribution in [2.45, 2.75) is 27.7 Å². The van der Waals surface area contributed by atoms with Gasteiger partial charge in [0.2, 0.25) is 0 Å². The minimum atomic E-state index is -1.33. The molecular weight excluding hydrogens is 196 g/mol. The molecular formula is C11H18O4. The number of carbonyl (C=O) groups is 2. The fourth-order valence-corrected chi connectivity index (χ4v) is 1.11. The zero-order valence-electron chi connectivity index (χ0n) is 9.70. The minimum Gasteiger partial charge on any atom is -0.465 e. The second-order valence-electron chi connectivity index (χ2n) is 3.14. The number of allylic oxidation sites excluding steroid dienone is 1. The summed E-state index contributed by atoms with van der Waals surface area (Å²) in [6.07, 6.45) is 3.12. The maximum atomic E-state index is 11.6. The van der Waals surface area contributed by atoms with Crippen molar-refractivity contribution in [2.24, 2.45) is 5.41 Å². The zero-order valence-corrected chi connectivity index (χ0v) is 9.70. The normalized spacial score (nSPS) is 11.5. The molecule has 0 fully saturated rings. The lowest BCUT2D eigenvalue weighted by Crippen LogP contribution is -2.37. The fraction of sp³-hybridized carbons (Fsp3) is 0.636. The largest absolute Gasteiger partial charge is 0.465 e. The maximum Gasteiger partial charge on any atom is 0.327 e. The van der Waals surface area contributed by atoms with Crippen molar-refractivity contribution in [1.82, 2.24) is 0 Å². The molecule has 0 saturated carbocycles. The smallest absolute Gasteiger partial charge is 0.327 e. The molecule has 0 aromatic carbocycles. The van der Waals surface area contributed by atoms with Gasteiger partial charge in [-0.15, -0.1) is 0 Å². The predicted octanol–water partition coefficient (Wildman–Crippen LogP) is 1.70. The molecule has 0 aromatic rings. The van der Waals surface area contributed by atoms with Crippen LogP contribution < -0.4 is 0 Å². The van der Waals surface area contributed by atoms with Gasteiger partial charge in [0.15, 0.2) is 5.41 Å². The minimum absolute atomic E-state index is 0.241. The predicted molar refractivity (Wildman–Crippen MR) is 56.2 cm³/mol. The molecule has 0 aromatic heterocycles. The lowest BCUT2D eigenvalue weighted by atomic mass is 9.90. The van der Waals surface area contributed by atoms with Crippen LogP contribution in [0.15, 0.2) is 12.2 Å². The standard InChI is InChI=1S/C11H18O4/c1-5-8-11(4,9(12)14-6-2)10(13)15-7-3/h5,8H,6-7H2,1-4H3. The van der Waals surface area contributed by atoms with Crippen LogP contribution >= 0.6 is 0 Å². The van der Waals surface area contributed by atoms with Crippen LogP contribution in [0.25, 0.3) is 0 Å². The van der Waals surface area contributed by atoms with E-state index < -0.39 is 17.4 Å². The first-order valence-corrected chi connectivity index (χ1v) is 5.01. The van der Waals surface area contributed by atoms with Crippen LogP contribution in [-0.4, -0.2) is 25.2 Å². The van der Waals surface area contributed by atoms with E-state index in [4.69, 9.17) is 9.47 Å². The lowest BCUT2D eigenvalue weighted by molar-refractivity contribution is -0.166. The number of rotatable bonds is 5. The molecule has 0 aliphatic rings. The summed E-state index contributed by atoms with van der Waals surface area (Å²) in [6, 6.07) is 0. The molecule has 0 spiro atoms. The molecule has 0 aliphatic carbocycles. The number of hydrogen-bond acceptors (Lipinski definition) is 4. The maximum absolute atomic E-state index is 11.6. The molecule has 0 amide bonds. The summed E-state index contributed by atoms with van der Waals surface area (Å²) >= 11 is 0. The van der Waals surface area contributed by atoms with Gasteiger partial charge in [-0.1, -0.05) is 12.2 Å². The Bertz CT molecular complexity index is 237. The summed E-state index contributed by atoms with van der Waals surface area (Å²) in [5.41, 5.74) is -1.33. The third-order valence-electron chi connectivity index (χ3n) is 1.90. The second-order valence-corrected chi connectivity index (χ2v) is 3.14. The van der Waals surface area contributed by atoms with Crippen molar-refractivity contribution in [3.63, 3.8) is 0 Å². The van der Waals surface area contributed by atoms with Crippen molar-refractivity contribution >= 4 is 11.9 Å². The first-order valence-electron chi connectivity index (χ1n) is 5.01. The van der Waals surface area contributed by atoms with Crippen LogP contribution in [0.4, 0.5) is 0 Å². The van der Waals surface area contributed by atoms with E-state index in [9.17, 15) is 9.59 Å². The van der Waals surface area contributed by atoms with Gasteiger partial charge < -0.3 is 9.47 Å². The van der Waals surface area contributed by atoms with E-state index in [2.05, 4.69) is 0 Å². The molecule has 0 bridgehead atoms. The molecule has 0 atom stereocenters. The summed E-state index contributed by atoms with van der Waals surface area (Å²) in [6.45, 7) is 7.09. The average molecular weight is 214 g/mol. The first kappa shape index (κ1) is 13.7. The van der Waals surface area contributed by atoms with Crippen LogP contribution in [0.2, 0.25) is 0 Å². The highest BCUT2D eigenvalue weighted by atomic mass is 16.6. The molecule has 0 rings (SSSR count). The van der Waals surface area contributed by atoms with Gasteiger partial charge in [-0.05, 0) is 27.7 Å². The third-order valence-corrected chi connectivity index (χ3v) is 1.90. The van der Waals surface area contributed by atoms with Gasteiger partial charge >= 0.3 is 11.9 Å². The Morgan fingerprint density at radius 3 is 1.80 bits per heavy atom. The van der Waals surface area contributed by atoms with E-state index in [-0.39, 0.29) is 13.2 Å². The van der Waals surface area contributed by atoms with Crippen LogP contribution in [0.5, 0.6) is 0 Å². The Labute approximate surface area is 90.2 Å². The highest BCUT2D eigenvalue weighted by molar-refractivity contribution is 6.01. The van der Waals surface area contributed by atoms with Gasteiger partial charge in [-0.3, -0.25) is 9.59 Å². The van der Waals surface area contributed by atoms with E-state index in [1.165, 1.54) is 13.0 Å². The molecule has 4 heteroatoms. The summed E-state index contributed by atoms with van der Waals surface area (Å²) in [7, 11) is 0. The second kappa shape index (κ2) is 6.22. The SMILES string of the molecule is CC=CC(C)(C(=O)OCC)C(=O)OCC. The van der Waals surface area contributed by atoms with Gasteiger partial charge in [0.1, 0.15) is 0 Å². The van der Waals surface area contributed by atoms with E-state index in [0.717, 1.165) is 0 Å². The monoisotopic (exact) mass is 214 g/mol. The Morgan fingerprint density at radius 2 is 1.53 bits per heavy atom. The van der Waals surface area contributed by atoms with E-state index in [1.807, 2.05) is 0 Å². The summed E-state index contributed by atoms with van der Waals surface area (Å²) < 4.78 is 9.67. The van der Waals surface area contributed by atoms with Crippen LogP contribution in [-0.2, 0) is 19.1 Å². The van der Waals surface area contributed by atoms with Crippen LogP contribution in [0, 0.1) is 5.41 Å². The molecule has 0 aliphatic heterocycles. The first-order chi connectivity index (χ1) is 7.02. The highest BCUT2D eigenvalue weighted by Crippen LogP contribution is 2.22. The molecule has 0 saturated heterocycles. The molecule has 0 N–H and O–H groups in total. The third kappa shape index (κ3) is 3.38. The average Bonchev–Trinajstić information content (AvgIpc) is 2.18. The molecule has 0 radical (unpaired) electrons. The van der Waals surface area contributed by atoms with Crippen LogP contribution in [0.3, 0.4) is 0 Å². The quantitative estimate of drug-likeness (QED) is 0.397. The summed E-state index contributed by atoms with van der Waals surface area (Å²) in [5, 5.41) is 0. The molecule has 4 nitrogen and oxygen atoms in total. The Hall–Kier alpha value is -1.32. The topological polar surface area (TPSA) is 52.6 Å². The van der Waals surface area contributed by atoms with Crippen molar-refractivity contribution in [3.8, 4) is 0 Å². The van der Waals surface area contributed by atoms with Crippen molar-refractivity contribution in [1.29, 1.82) is 0 Å². The Balaban J connectivity index is 4.87. The molecule has 15 heavy (non-hydrogen) atoms. The van der Waals surface area contributed by atoms with Crippen molar-refractivity contribution < 1.29 is 19.1 Å². The molecule has 0 heterocycles. The van der Waals surface area contributed by atoms with Gasteiger partial charge in [0.25, 0.3) is 0 Å². The molecule has 0 unspecified atom stereocenters. The van der Waals surface area contributed by atoms with E-state index in [1.54, 1.807) is 26.8 Å². The number of esters is 2. The zero-order chi connectivity index (χ0) is 11.9. The highest BCUT2D eigenvalue weighted by Gasteiger charge is 2.41. The Morgan fingerprint density at radius 1 is 1.13 bits per heavy atom. The van der Waals surface area contributed by atoms with E-state index >= 15 is 0 Å². The molecule has 86 valence electrons. The van der Waals surface area contributed by atoms with E-state index in [0.29, 0.717) is 0 Å². The summed E-state index contributed by atoms with van der Waals surface area (Å²) in [4.78, 5) is 23.2. The Kier molecular flexibility index (Phi) is 5.67. The van der Waals surface area contributed by atoms with Gasteiger partial charge in [-0.25, -0.2) is 0 Å².